The number of hydrogen-bond acceptors (Lipinski definition) is 3. The molecular formula is C16H16N2O2. The van der Waals surface area contributed by atoms with E-state index in [0.717, 1.165) is 11.2 Å². The summed E-state index contributed by atoms with van der Waals surface area (Å²) < 4.78 is 6.69. The lowest BCUT2D eigenvalue weighted by Gasteiger charge is -2.15. The summed E-state index contributed by atoms with van der Waals surface area (Å²) in [6.07, 6.45) is 0. The van der Waals surface area contributed by atoms with E-state index in [4.69, 9.17) is 4.42 Å². The Labute approximate surface area is 116 Å². The molecule has 0 aliphatic carbocycles. The Bertz CT molecular complexity index is 787. The lowest BCUT2D eigenvalue weighted by molar-refractivity contribution is 0.528. The second kappa shape index (κ2) is 4.89. The fourth-order valence-corrected chi connectivity index (χ4v) is 2.30. The van der Waals surface area contributed by atoms with Crippen molar-refractivity contribution in [1.29, 1.82) is 0 Å². The first-order valence-electron chi connectivity index (χ1n) is 6.56. The van der Waals surface area contributed by atoms with Crippen LogP contribution < -0.4 is 11.1 Å². The van der Waals surface area contributed by atoms with Crippen molar-refractivity contribution >= 4 is 16.8 Å². The molecule has 0 aliphatic heterocycles. The minimum atomic E-state index is -0.340. The normalized spacial score (nSPS) is 12.5. The van der Waals surface area contributed by atoms with Crippen LogP contribution in [0.4, 0.5) is 5.69 Å². The number of aryl methyl sites for hydroxylation is 1. The average molecular weight is 268 g/mol. The lowest BCUT2D eigenvalue weighted by Crippen LogP contribution is -2.08. The molecule has 20 heavy (non-hydrogen) atoms. The van der Waals surface area contributed by atoms with Gasteiger partial charge in [0.1, 0.15) is 0 Å². The van der Waals surface area contributed by atoms with Crippen LogP contribution in [0.15, 0.2) is 57.7 Å². The molecule has 1 atom stereocenters. The molecule has 0 spiro atoms. The number of rotatable bonds is 3. The molecule has 3 rings (SSSR count). The van der Waals surface area contributed by atoms with Gasteiger partial charge < -0.3 is 9.73 Å². The fraction of sp³-hybridized carbons (Fsp3) is 0.188. The Hall–Kier alpha value is -2.49. The molecule has 0 aliphatic rings. The van der Waals surface area contributed by atoms with Gasteiger partial charge in [0.05, 0.1) is 5.52 Å². The molecule has 1 N–H and O–H groups in total. The predicted molar refractivity (Wildman–Crippen MR) is 79.9 cm³/mol. The number of nitrogens with zero attached hydrogens (tertiary/aromatic N) is 1. The number of fused-ring (bicyclic) bond motifs is 1. The van der Waals surface area contributed by atoms with Gasteiger partial charge in [-0.25, -0.2) is 4.79 Å². The maximum absolute atomic E-state index is 11.5. The van der Waals surface area contributed by atoms with E-state index in [2.05, 4.69) is 24.4 Å². The molecular weight excluding hydrogens is 252 g/mol. The molecule has 1 aromatic heterocycles. The van der Waals surface area contributed by atoms with Crippen LogP contribution in [-0.2, 0) is 7.05 Å². The summed E-state index contributed by atoms with van der Waals surface area (Å²) in [5, 5.41) is 3.41. The van der Waals surface area contributed by atoms with Gasteiger partial charge in [-0.15, -0.1) is 0 Å². The molecule has 4 heteroatoms. The third kappa shape index (κ3) is 2.20. The van der Waals surface area contributed by atoms with E-state index in [1.807, 2.05) is 36.4 Å². The van der Waals surface area contributed by atoms with Gasteiger partial charge in [-0.2, -0.15) is 0 Å². The molecule has 0 bridgehead atoms. The summed E-state index contributed by atoms with van der Waals surface area (Å²) in [6.45, 7) is 2.10. The van der Waals surface area contributed by atoms with Gasteiger partial charge in [-0.05, 0) is 24.6 Å². The quantitative estimate of drug-likeness (QED) is 0.792. The van der Waals surface area contributed by atoms with Crippen molar-refractivity contribution < 1.29 is 4.42 Å². The van der Waals surface area contributed by atoms with Gasteiger partial charge in [0.25, 0.3) is 0 Å². The van der Waals surface area contributed by atoms with E-state index >= 15 is 0 Å². The third-order valence-corrected chi connectivity index (χ3v) is 3.48. The van der Waals surface area contributed by atoms with Crippen LogP contribution in [0.25, 0.3) is 11.1 Å². The number of oxazole rings is 1. The van der Waals surface area contributed by atoms with Gasteiger partial charge in [0, 0.05) is 24.8 Å². The molecule has 1 heterocycles. The molecule has 0 fully saturated rings. The van der Waals surface area contributed by atoms with E-state index in [-0.39, 0.29) is 11.8 Å². The topological polar surface area (TPSA) is 47.2 Å². The molecule has 0 saturated heterocycles. The summed E-state index contributed by atoms with van der Waals surface area (Å²) in [7, 11) is 1.70. The van der Waals surface area contributed by atoms with Gasteiger partial charge in [0.2, 0.25) is 0 Å². The van der Waals surface area contributed by atoms with Crippen molar-refractivity contribution in [2.45, 2.75) is 13.0 Å². The Balaban J connectivity index is 1.90. The Kier molecular flexibility index (Phi) is 3.06. The number of anilines is 1. The second-order valence-corrected chi connectivity index (χ2v) is 4.89. The Morgan fingerprint density at radius 3 is 2.65 bits per heavy atom. The standard InChI is InChI=1S/C16H16N2O2/c1-11(12-6-4-3-5-7-12)17-13-8-9-14-15(10-13)20-16(19)18(14)2/h3-11,17H,1-2H3. The first kappa shape index (κ1) is 12.5. The predicted octanol–water partition coefficient (Wildman–Crippen LogP) is 3.30. The maximum atomic E-state index is 11.5. The van der Waals surface area contributed by atoms with Crippen LogP contribution in [0, 0.1) is 0 Å². The highest BCUT2D eigenvalue weighted by Gasteiger charge is 2.08. The molecule has 0 saturated carbocycles. The molecule has 3 aromatic rings. The van der Waals surface area contributed by atoms with Crippen LogP contribution in [0.3, 0.4) is 0 Å². The van der Waals surface area contributed by atoms with Gasteiger partial charge in [-0.1, -0.05) is 30.3 Å². The van der Waals surface area contributed by atoms with Gasteiger partial charge in [0.15, 0.2) is 5.58 Å². The van der Waals surface area contributed by atoms with Crippen molar-refractivity contribution in [3.05, 3.63) is 64.6 Å². The van der Waals surface area contributed by atoms with Crippen molar-refractivity contribution in [3.63, 3.8) is 0 Å². The van der Waals surface area contributed by atoms with Crippen molar-refractivity contribution in [2.24, 2.45) is 7.05 Å². The Morgan fingerprint density at radius 2 is 1.90 bits per heavy atom. The Morgan fingerprint density at radius 1 is 1.15 bits per heavy atom. The monoisotopic (exact) mass is 268 g/mol. The van der Waals surface area contributed by atoms with Crippen molar-refractivity contribution in [3.8, 4) is 0 Å². The summed E-state index contributed by atoms with van der Waals surface area (Å²) in [6, 6.07) is 16.1. The summed E-state index contributed by atoms with van der Waals surface area (Å²) in [4.78, 5) is 11.5. The molecule has 102 valence electrons. The molecule has 2 aromatic carbocycles. The number of benzene rings is 2. The van der Waals surface area contributed by atoms with Crippen LogP contribution in [-0.4, -0.2) is 4.57 Å². The van der Waals surface area contributed by atoms with E-state index < -0.39 is 0 Å². The lowest BCUT2D eigenvalue weighted by atomic mass is 10.1. The summed E-state index contributed by atoms with van der Waals surface area (Å²) >= 11 is 0. The second-order valence-electron chi connectivity index (χ2n) is 4.89. The zero-order valence-corrected chi connectivity index (χ0v) is 11.5. The first-order valence-corrected chi connectivity index (χ1v) is 6.56. The SMILES string of the molecule is CC(Nc1ccc2c(c1)oc(=O)n2C)c1ccccc1. The highest BCUT2D eigenvalue weighted by atomic mass is 16.4. The van der Waals surface area contributed by atoms with Gasteiger partial charge in [-0.3, -0.25) is 4.57 Å². The smallest absolute Gasteiger partial charge is 0.408 e. The third-order valence-electron chi connectivity index (χ3n) is 3.48. The fourth-order valence-electron chi connectivity index (χ4n) is 2.30. The van der Waals surface area contributed by atoms with E-state index in [9.17, 15) is 4.79 Å². The number of aromatic nitrogens is 1. The summed E-state index contributed by atoms with van der Waals surface area (Å²) in [5.74, 6) is -0.340. The van der Waals surface area contributed by atoms with Crippen molar-refractivity contribution in [2.75, 3.05) is 5.32 Å². The highest BCUT2D eigenvalue weighted by Crippen LogP contribution is 2.22. The van der Waals surface area contributed by atoms with Crippen LogP contribution in [0.5, 0.6) is 0 Å². The van der Waals surface area contributed by atoms with Crippen LogP contribution in [0.1, 0.15) is 18.5 Å². The van der Waals surface area contributed by atoms with Crippen LogP contribution in [0.2, 0.25) is 0 Å². The van der Waals surface area contributed by atoms with Crippen molar-refractivity contribution in [1.82, 2.24) is 4.57 Å². The molecule has 0 radical (unpaired) electrons. The number of nitrogens with one attached hydrogen (secondary N) is 1. The minimum Gasteiger partial charge on any atom is -0.408 e. The minimum absolute atomic E-state index is 0.184. The van der Waals surface area contributed by atoms with E-state index in [1.54, 1.807) is 7.05 Å². The maximum Gasteiger partial charge on any atom is 0.419 e. The molecule has 0 amide bonds. The van der Waals surface area contributed by atoms with Crippen LogP contribution >= 0.6 is 0 Å². The van der Waals surface area contributed by atoms with Gasteiger partial charge >= 0.3 is 5.76 Å². The summed E-state index contributed by atoms with van der Waals surface area (Å²) in [5.41, 5.74) is 3.54. The zero-order chi connectivity index (χ0) is 14.1. The van der Waals surface area contributed by atoms with E-state index in [0.29, 0.717) is 5.58 Å². The molecule has 4 nitrogen and oxygen atoms in total. The average Bonchev–Trinajstić information content (AvgIpc) is 2.74. The largest absolute Gasteiger partial charge is 0.419 e. The molecule has 1 unspecified atom stereocenters. The highest BCUT2D eigenvalue weighted by molar-refractivity contribution is 5.77. The number of hydrogen-bond donors (Lipinski definition) is 1. The van der Waals surface area contributed by atoms with E-state index in [1.165, 1.54) is 10.1 Å². The zero-order valence-electron chi connectivity index (χ0n) is 11.5. The first-order chi connectivity index (χ1) is 9.65.